The molecule has 102 valence electrons. The van der Waals surface area contributed by atoms with Crippen LogP contribution >= 0.6 is 0 Å². The van der Waals surface area contributed by atoms with Crippen molar-refractivity contribution in [2.45, 2.75) is 32.9 Å². The van der Waals surface area contributed by atoms with E-state index in [1.54, 1.807) is 0 Å². The Kier molecular flexibility index (Phi) is 6.33. The number of rotatable bonds is 7. The third kappa shape index (κ3) is 5.63. The zero-order valence-electron chi connectivity index (χ0n) is 11.9. The van der Waals surface area contributed by atoms with Crippen LogP contribution in [0.25, 0.3) is 0 Å². The number of likely N-dealkylation sites (N-methyl/N-ethyl adjacent to an activating group) is 1. The van der Waals surface area contributed by atoms with Crippen molar-refractivity contribution in [2.75, 3.05) is 20.1 Å². The van der Waals surface area contributed by atoms with Gasteiger partial charge in [-0.15, -0.1) is 0 Å². The second-order valence-corrected chi connectivity index (χ2v) is 5.61. The summed E-state index contributed by atoms with van der Waals surface area (Å²) >= 11 is 0. The maximum atomic E-state index is 5.84. The summed E-state index contributed by atoms with van der Waals surface area (Å²) in [5.41, 5.74) is 14.1. The number of hydrogen-bond donors (Lipinski definition) is 2. The van der Waals surface area contributed by atoms with Crippen LogP contribution in [0.5, 0.6) is 0 Å². The highest BCUT2D eigenvalue weighted by Crippen LogP contribution is 2.11. The van der Waals surface area contributed by atoms with Gasteiger partial charge in [-0.05, 0) is 30.5 Å². The third-order valence-corrected chi connectivity index (χ3v) is 2.97. The zero-order valence-corrected chi connectivity index (χ0v) is 11.9. The molecule has 0 aliphatic heterocycles. The fraction of sp³-hybridized carbons (Fsp3) is 0.600. The van der Waals surface area contributed by atoms with Crippen molar-refractivity contribution in [3.8, 4) is 0 Å². The lowest BCUT2D eigenvalue weighted by Crippen LogP contribution is -2.40. The summed E-state index contributed by atoms with van der Waals surface area (Å²) in [5, 5.41) is 0. The van der Waals surface area contributed by atoms with Crippen molar-refractivity contribution in [3.63, 3.8) is 0 Å². The Balaban J connectivity index is 2.47. The average Bonchev–Trinajstić information content (AvgIpc) is 2.30. The van der Waals surface area contributed by atoms with Crippen LogP contribution in [0, 0.1) is 5.92 Å². The van der Waals surface area contributed by atoms with E-state index in [0.717, 1.165) is 19.5 Å². The van der Waals surface area contributed by atoms with Gasteiger partial charge in [0.05, 0.1) is 0 Å². The Labute approximate surface area is 111 Å². The summed E-state index contributed by atoms with van der Waals surface area (Å²) in [6, 6.07) is 8.94. The predicted octanol–water partition coefficient (Wildman–Crippen LogP) is 1.60. The number of nitrogens with zero attached hydrogens (tertiary/aromatic N) is 1. The number of nitrogens with two attached hydrogens (primary N) is 2. The molecule has 1 rings (SSSR count). The molecule has 1 atom stereocenters. The molecule has 0 saturated carbocycles. The van der Waals surface area contributed by atoms with Gasteiger partial charge in [0.2, 0.25) is 0 Å². The summed E-state index contributed by atoms with van der Waals surface area (Å²) in [6.45, 7) is 6.80. The SMILES string of the molecule is CC(C)Cc1ccc(CN(C)CC(N)CN)cc1. The first-order valence-corrected chi connectivity index (χ1v) is 6.73. The van der Waals surface area contributed by atoms with Gasteiger partial charge in [0.1, 0.15) is 0 Å². The van der Waals surface area contributed by atoms with E-state index >= 15 is 0 Å². The Morgan fingerprint density at radius 2 is 1.67 bits per heavy atom. The second kappa shape index (κ2) is 7.52. The minimum absolute atomic E-state index is 0.0650. The summed E-state index contributed by atoms with van der Waals surface area (Å²) in [5.74, 6) is 0.709. The van der Waals surface area contributed by atoms with Gasteiger partial charge < -0.3 is 16.4 Å². The standard InChI is InChI=1S/C15H27N3/c1-12(2)8-13-4-6-14(7-5-13)10-18(3)11-15(17)9-16/h4-7,12,15H,8-11,16-17H2,1-3H3. The van der Waals surface area contributed by atoms with Crippen LogP contribution in [-0.4, -0.2) is 31.1 Å². The van der Waals surface area contributed by atoms with Crippen molar-refractivity contribution in [2.24, 2.45) is 17.4 Å². The molecule has 18 heavy (non-hydrogen) atoms. The topological polar surface area (TPSA) is 55.3 Å². The minimum Gasteiger partial charge on any atom is -0.329 e. The molecule has 0 fully saturated rings. The fourth-order valence-electron chi connectivity index (χ4n) is 2.10. The van der Waals surface area contributed by atoms with Crippen molar-refractivity contribution >= 4 is 0 Å². The number of benzene rings is 1. The molecule has 3 heteroatoms. The summed E-state index contributed by atoms with van der Waals surface area (Å²) in [7, 11) is 2.08. The fourth-order valence-corrected chi connectivity index (χ4v) is 2.10. The Hall–Kier alpha value is -0.900. The van der Waals surface area contributed by atoms with E-state index < -0.39 is 0 Å². The molecule has 0 spiro atoms. The lowest BCUT2D eigenvalue weighted by atomic mass is 10.0. The molecule has 0 aliphatic carbocycles. The molecule has 3 nitrogen and oxygen atoms in total. The summed E-state index contributed by atoms with van der Waals surface area (Å²) < 4.78 is 0. The van der Waals surface area contributed by atoms with Gasteiger partial charge in [0.25, 0.3) is 0 Å². The monoisotopic (exact) mass is 249 g/mol. The van der Waals surface area contributed by atoms with Gasteiger partial charge in [0, 0.05) is 25.7 Å². The molecule has 0 aromatic heterocycles. The molecular formula is C15H27N3. The van der Waals surface area contributed by atoms with E-state index in [2.05, 4.69) is 50.1 Å². The van der Waals surface area contributed by atoms with Gasteiger partial charge in [0.15, 0.2) is 0 Å². The van der Waals surface area contributed by atoms with Crippen molar-refractivity contribution in [3.05, 3.63) is 35.4 Å². The van der Waals surface area contributed by atoms with E-state index in [4.69, 9.17) is 11.5 Å². The van der Waals surface area contributed by atoms with E-state index in [0.29, 0.717) is 12.5 Å². The second-order valence-electron chi connectivity index (χ2n) is 5.61. The van der Waals surface area contributed by atoms with Gasteiger partial charge in [-0.25, -0.2) is 0 Å². The van der Waals surface area contributed by atoms with Crippen LogP contribution in [-0.2, 0) is 13.0 Å². The van der Waals surface area contributed by atoms with Crippen molar-refractivity contribution < 1.29 is 0 Å². The van der Waals surface area contributed by atoms with Crippen LogP contribution in [0.3, 0.4) is 0 Å². The van der Waals surface area contributed by atoms with Gasteiger partial charge in [-0.2, -0.15) is 0 Å². The largest absolute Gasteiger partial charge is 0.329 e. The van der Waals surface area contributed by atoms with Gasteiger partial charge >= 0.3 is 0 Å². The predicted molar refractivity (Wildman–Crippen MR) is 78.3 cm³/mol. The van der Waals surface area contributed by atoms with E-state index in [9.17, 15) is 0 Å². The van der Waals surface area contributed by atoms with E-state index in [1.165, 1.54) is 11.1 Å². The smallest absolute Gasteiger partial charge is 0.0292 e. The van der Waals surface area contributed by atoms with Crippen LogP contribution in [0.2, 0.25) is 0 Å². The average molecular weight is 249 g/mol. The zero-order chi connectivity index (χ0) is 13.5. The molecule has 1 aromatic carbocycles. The van der Waals surface area contributed by atoms with Gasteiger partial charge in [-0.1, -0.05) is 38.1 Å². The quantitative estimate of drug-likeness (QED) is 0.772. The third-order valence-electron chi connectivity index (χ3n) is 2.97. The molecule has 0 aliphatic rings. The van der Waals surface area contributed by atoms with E-state index in [1.807, 2.05) is 0 Å². The van der Waals surface area contributed by atoms with Crippen LogP contribution in [0.15, 0.2) is 24.3 Å². The molecule has 0 heterocycles. The Bertz CT molecular complexity index is 332. The van der Waals surface area contributed by atoms with Crippen LogP contribution in [0.1, 0.15) is 25.0 Å². The van der Waals surface area contributed by atoms with Crippen LogP contribution in [0.4, 0.5) is 0 Å². The molecular weight excluding hydrogens is 222 g/mol. The molecule has 0 amide bonds. The molecule has 1 aromatic rings. The minimum atomic E-state index is 0.0650. The number of hydrogen-bond acceptors (Lipinski definition) is 3. The molecule has 1 unspecified atom stereocenters. The maximum absolute atomic E-state index is 5.84. The first-order chi connectivity index (χ1) is 8.51. The first kappa shape index (κ1) is 15.2. The highest BCUT2D eigenvalue weighted by molar-refractivity contribution is 5.22. The molecule has 0 bridgehead atoms. The maximum Gasteiger partial charge on any atom is 0.0292 e. The molecule has 0 radical (unpaired) electrons. The Morgan fingerprint density at radius 1 is 1.11 bits per heavy atom. The van der Waals surface area contributed by atoms with E-state index in [-0.39, 0.29) is 6.04 Å². The Morgan fingerprint density at radius 3 is 2.17 bits per heavy atom. The molecule has 4 N–H and O–H groups in total. The first-order valence-electron chi connectivity index (χ1n) is 6.73. The lowest BCUT2D eigenvalue weighted by Gasteiger charge is -2.20. The van der Waals surface area contributed by atoms with Crippen molar-refractivity contribution in [1.82, 2.24) is 4.90 Å². The molecule has 0 saturated heterocycles. The summed E-state index contributed by atoms with van der Waals surface area (Å²) in [4.78, 5) is 2.22. The van der Waals surface area contributed by atoms with Gasteiger partial charge in [-0.3, -0.25) is 0 Å². The highest BCUT2D eigenvalue weighted by Gasteiger charge is 2.06. The normalized spacial score (nSPS) is 13.3. The van der Waals surface area contributed by atoms with Crippen LogP contribution < -0.4 is 11.5 Å². The summed E-state index contributed by atoms with van der Waals surface area (Å²) in [6.07, 6.45) is 1.15. The highest BCUT2D eigenvalue weighted by atomic mass is 15.1. The lowest BCUT2D eigenvalue weighted by molar-refractivity contribution is 0.305. The van der Waals surface area contributed by atoms with Crippen molar-refractivity contribution in [1.29, 1.82) is 0 Å².